The number of amides is 1. The van der Waals surface area contributed by atoms with Crippen LogP contribution in [0.15, 0.2) is 37.1 Å². The van der Waals surface area contributed by atoms with Crippen LogP contribution in [0.4, 0.5) is 14.5 Å². The van der Waals surface area contributed by atoms with Gasteiger partial charge in [0.2, 0.25) is 0 Å². The number of rotatable bonds is 8. The first-order chi connectivity index (χ1) is 14.2. The second-order valence-electron chi connectivity index (χ2n) is 7.61. The summed E-state index contributed by atoms with van der Waals surface area (Å²) in [5.41, 5.74) is -0.480. The average molecular weight is 418 g/mol. The summed E-state index contributed by atoms with van der Waals surface area (Å²) in [6.45, 7) is 3.25. The van der Waals surface area contributed by atoms with Crippen molar-refractivity contribution in [3.8, 4) is 5.82 Å². The Labute approximate surface area is 172 Å². The number of alkyl halides is 2. The number of halogens is 2. The van der Waals surface area contributed by atoms with Gasteiger partial charge < -0.3 is 15.7 Å². The largest absolute Gasteiger partial charge is 0.387 e. The predicted molar refractivity (Wildman–Crippen MR) is 109 cm³/mol. The van der Waals surface area contributed by atoms with Crippen molar-refractivity contribution in [2.75, 3.05) is 18.5 Å². The molecule has 3 aromatic rings. The van der Waals surface area contributed by atoms with E-state index in [0.717, 1.165) is 5.39 Å². The van der Waals surface area contributed by atoms with Gasteiger partial charge >= 0.3 is 0 Å². The van der Waals surface area contributed by atoms with Crippen LogP contribution < -0.4 is 10.6 Å². The molecule has 1 amide bonds. The Balaban J connectivity index is 1.92. The Morgan fingerprint density at radius 3 is 2.80 bits per heavy atom. The minimum atomic E-state index is -1.65. The zero-order valence-electron chi connectivity index (χ0n) is 16.9. The lowest BCUT2D eigenvalue weighted by Gasteiger charge is -2.23. The van der Waals surface area contributed by atoms with Gasteiger partial charge in [-0.15, -0.1) is 0 Å². The van der Waals surface area contributed by atoms with Crippen LogP contribution in [-0.4, -0.2) is 61.6 Å². The fourth-order valence-electron chi connectivity index (χ4n) is 2.77. The number of aromatic nitrogens is 4. The molecule has 0 saturated heterocycles. The maximum absolute atomic E-state index is 14.0. The fourth-order valence-corrected chi connectivity index (χ4v) is 2.77. The molecule has 3 rings (SSSR count). The van der Waals surface area contributed by atoms with E-state index < -0.39 is 30.4 Å². The normalized spacial score (nSPS) is 13.8. The molecule has 0 aliphatic rings. The van der Waals surface area contributed by atoms with Crippen molar-refractivity contribution in [2.24, 2.45) is 0 Å². The molecule has 30 heavy (non-hydrogen) atoms. The van der Waals surface area contributed by atoms with E-state index in [4.69, 9.17) is 0 Å². The van der Waals surface area contributed by atoms with Crippen LogP contribution in [0.3, 0.4) is 0 Å². The smallest absolute Gasteiger partial charge is 0.255 e. The summed E-state index contributed by atoms with van der Waals surface area (Å²) in [5.74, 6) is -0.122. The minimum absolute atomic E-state index is 0.132. The van der Waals surface area contributed by atoms with Crippen LogP contribution >= 0.6 is 0 Å². The molecule has 0 radical (unpaired) electrons. The molecule has 3 aromatic heterocycles. The van der Waals surface area contributed by atoms with Gasteiger partial charge in [-0.3, -0.25) is 9.36 Å². The standard InChI is InChI=1S/C20H24F2N6O2/c1-12(7-21)27-15-6-17(28-5-4-13-8-23-11-26-18(13)28)24-9-14(15)19(29)25-10-16(22)20(2,3)30/h4-6,8-9,11-12,16,30H,7,10H2,1-3H3,(H,24,27)(H,25,29)/t12-,16+/m0/s1. The molecule has 0 aromatic carbocycles. The SMILES string of the molecule is C[C@@H](CF)Nc1cc(-n2ccc3cncnc32)ncc1C(=O)NC[C@@H](F)C(C)(C)O. The molecule has 3 heterocycles. The monoisotopic (exact) mass is 418 g/mol. The molecule has 160 valence electrons. The van der Waals surface area contributed by atoms with Crippen molar-refractivity contribution in [2.45, 2.75) is 38.6 Å². The van der Waals surface area contributed by atoms with Gasteiger partial charge in [0.1, 0.15) is 30.6 Å². The highest BCUT2D eigenvalue weighted by Gasteiger charge is 2.27. The molecule has 0 spiro atoms. The first kappa shape index (κ1) is 21.6. The molecular formula is C20H24F2N6O2. The Hall–Kier alpha value is -3.14. The number of pyridine rings is 1. The van der Waals surface area contributed by atoms with E-state index in [1.165, 1.54) is 26.4 Å². The molecular weight excluding hydrogens is 394 g/mol. The van der Waals surface area contributed by atoms with E-state index in [9.17, 15) is 18.7 Å². The van der Waals surface area contributed by atoms with Crippen LogP contribution in [0.25, 0.3) is 16.9 Å². The zero-order chi connectivity index (χ0) is 21.9. The number of fused-ring (bicyclic) bond motifs is 1. The number of carbonyl (C=O) groups is 1. The second-order valence-corrected chi connectivity index (χ2v) is 7.61. The fraction of sp³-hybridized carbons (Fsp3) is 0.400. The summed E-state index contributed by atoms with van der Waals surface area (Å²) >= 11 is 0. The van der Waals surface area contributed by atoms with Crippen molar-refractivity contribution in [1.82, 2.24) is 24.8 Å². The highest BCUT2D eigenvalue weighted by atomic mass is 19.1. The van der Waals surface area contributed by atoms with Crippen LogP contribution in [0.2, 0.25) is 0 Å². The second kappa shape index (κ2) is 8.70. The third kappa shape index (κ3) is 4.70. The van der Waals surface area contributed by atoms with Crippen molar-refractivity contribution in [3.63, 3.8) is 0 Å². The molecule has 2 atom stereocenters. The van der Waals surface area contributed by atoms with E-state index in [2.05, 4.69) is 25.6 Å². The van der Waals surface area contributed by atoms with Crippen molar-refractivity contribution >= 4 is 22.6 Å². The van der Waals surface area contributed by atoms with E-state index >= 15 is 0 Å². The summed E-state index contributed by atoms with van der Waals surface area (Å²) < 4.78 is 28.8. The van der Waals surface area contributed by atoms with Gasteiger partial charge in [-0.25, -0.2) is 23.7 Å². The van der Waals surface area contributed by atoms with Gasteiger partial charge in [-0.05, 0) is 26.8 Å². The Kier molecular flexibility index (Phi) is 6.25. The molecule has 0 bridgehead atoms. The van der Waals surface area contributed by atoms with Gasteiger partial charge in [0, 0.05) is 30.0 Å². The summed E-state index contributed by atoms with van der Waals surface area (Å²) in [5, 5.41) is 15.9. The molecule has 0 aliphatic carbocycles. The maximum Gasteiger partial charge on any atom is 0.255 e. The number of anilines is 1. The lowest BCUT2D eigenvalue weighted by Crippen LogP contribution is -2.42. The quantitative estimate of drug-likeness (QED) is 0.519. The zero-order valence-corrected chi connectivity index (χ0v) is 16.9. The van der Waals surface area contributed by atoms with Crippen molar-refractivity contribution < 1.29 is 18.7 Å². The Bertz CT molecular complexity index is 1030. The molecule has 8 nitrogen and oxygen atoms in total. The van der Waals surface area contributed by atoms with Gasteiger partial charge in [0.25, 0.3) is 5.91 Å². The van der Waals surface area contributed by atoms with Crippen LogP contribution in [0, 0.1) is 0 Å². The minimum Gasteiger partial charge on any atom is -0.387 e. The first-order valence-electron chi connectivity index (χ1n) is 9.45. The van der Waals surface area contributed by atoms with Crippen molar-refractivity contribution in [1.29, 1.82) is 0 Å². The Morgan fingerprint density at radius 1 is 1.33 bits per heavy atom. The Morgan fingerprint density at radius 2 is 2.10 bits per heavy atom. The van der Waals surface area contributed by atoms with E-state index in [-0.39, 0.29) is 12.1 Å². The number of carbonyl (C=O) groups excluding carboxylic acids is 1. The third-order valence-corrected chi connectivity index (χ3v) is 4.57. The van der Waals surface area contributed by atoms with Gasteiger partial charge in [0.15, 0.2) is 0 Å². The first-order valence-corrected chi connectivity index (χ1v) is 9.45. The molecule has 3 N–H and O–H groups in total. The maximum atomic E-state index is 14.0. The van der Waals surface area contributed by atoms with Crippen LogP contribution in [0.5, 0.6) is 0 Å². The lowest BCUT2D eigenvalue weighted by atomic mass is 10.0. The van der Waals surface area contributed by atoms with Crippen LogP contribution in [-0.2, 0) is 0 Å². The van der Waals surface area contributed by atoms with Crippen molar-refractivity contribution in [3.05, 3.63) is 42.6 Å². The van der Waals surface area contributed by atoms with E-state index in [1.54, 1.807) is 30.0 Å². The number of aliphatic hydroxyl groups is 1. The predicted octanol–water partition coefficient (Wildman–Crippen LogP) is 2.42. The molecule has 0 fully saturated rings. The highest BCUT2D eigenvalue weighted by Crippen LogP contribution is 2.23. The van der Waals surface area contributed by atoms with Crippen LogP contribution in [0.1, 0.15) is 31.1 Å². The highest BCUT2D eigenvalue weighted by molar-refractivity contribution is 5.99. The number of nitrogens with one attached hydrogen (secondary N) is 2. The summed E-state index contributed by atoms with van der Waals surface area (Å²) in [4.78, 5) is 25.2. The topological polar surface area (TPSA) is 105 Å². The molecule has 0 aliphatic heterocycles. The van der Waals surface area contributed by atoms with Gasteiger partial charge in [0.05, 0.1) is 29.4 Å². The number of hydrogen-bond donors (Lipinski definition) is 3. The van der Waals surface area contributed by atoms with E-state index in [0.29, 0.717) is 17.2 Å². The summed E-state index contributed by atoms with van der Waals surface area (Å²) in [6, 6.07) is 2.87. The summed E-state index contributed by atoms with van der Waals surface area (Å²) in [6.07, 6.45) is 4.53. The lowest BCUT2D eigenvalue weighted by molar-refractivity contribution is -0.00177. The third-order valence-electron chi connectivity index (χ3n) is 4.57. The number of hydrogen-bond acceptors (Lipinski definition) is 6. The molecule has 0 saturated carbocycles. The van der Waals surface area contributed by atoms with E-state index in [1.807, 2.05) is 6.07 Å². The molecule has 10 heteroatoms. The average Bonchev–Trinajstić information content (AvgIpc) is 3.15. The van der Waals surface area contributed by atoms with Gasteiger partial charge in [-0.2, -0.15) is 0 Å². The summed E-state index contributed by atoms with van der Waals surface area (Å²) in [7, 11) is 0. The van der Waals surface area contributed by atoms with Gasteiger partial charge in [-0.1, -0.05) is 0 Å². The number of nitrogens with zero attached hydrogens (tertiary/aromatic N) is 4. The molecule has 0 unspecified atom stereocenters.